The molecule has 24 nitrogen and oxygen atoms in total. The van der Waals surface area contributed by atoms with Crippen LogP contribution in [0, 0.1) is 31.6 Å². The molecule has 412 valence electrons. The number of amides is 7. The van der Waals surface area contributed by atoms with E-state index in [9.17, 15) is 28.8 Å². The second-order valence-electron chi connectivity index (χ2n) is 20.1. The maximum Gasteiger partial charge on any atom is 0.410 e. The van der Waals surface area contributed by atoms with E-state index in [1.807, 2.05) is 51.7 Å². The molecule has 2 aliphatic heterocycles. The molecule has 8 rings (SSSR count). The Morgan fingerprint density at radius 1 is 0.679 bits per heavy atom. The first kappa shape index (κ1) is 55.4. The molecular formula is C54H67N15O9. The lowest BCUT2D eigenvalue weighted by Crippen LogP contribution is -2.55. The van der Waals surface area contributed by atoms with E-state index in [2.05, 4.69) is 32.7 Å². The van der Waals surface area contributed by atoms with Crippen molar-refractivity contribution in [3.05, 3.63) is 82.5 Å². The van der Waals surface area contributed by atoms with Crippen LogP contribution in [0.1, 0.15) is 107 Å². The van der Waals surface area contributed by atoms with Crippen LogP contribution >= 0.6 is 0 Å². The number of methoxy groups -OCH3 is 1. The minimum Gasteiger partial charge on any atom is -0.494 e. The van der Waals surface area contributed by atoms with Crippen LogP contribution in [0.2, 0.25) is 0 Å². The summed E-state index contributed by atoms with van der Waals surface area (Å²) >= 11 is 0. The van der Waals surface area contributed by atoms with Crippen LogP contribution in [0.5, 0.6) is 11.5 Å². The van der Waals surface area contributed by atoms with E-state index in [1.54, 1.807) is 54.3 Å². The van der Waals surface area contributed by atoms with Gasteiger partial charge < -0.3 is 49.5 Å². The number of carbonyl (C=O) groups is 6. The SMILES string of the molecule is CCn1nc(C)cc1C(=O)Nc1nc2cc(C(N)=O)cc(OC)c2n1C/C=C/Cn1c(NC(=O)c2cc(C)nn2CC)nc2cc(C(N)=O)cc(OCC#CCC3CCN(C(=O)N4CCN(C(=O)OC(C)(C)C)CC4)CC3)c21. The molecule has 0 spiro atoms. The van der Waals surface area contributed by atoms with Gasteiger partial charge in [-0.15, -0.1) is 0 Å². The standard InChI is InChI=1S/C54H67N15O9/c1-9-68-40(27-33(3)61-68)48(72)59-50-57-38-29-36(46(55)70)31-42(76-8)44(38)66(50)18-12-13-19-67-45-39(58-51(67)60-49(73)41-28-34(4)62-69(41)10-2)30-37(47(56)71)32-43(45)77-26-14-11-15-35-16-20-63(21-17-35)52(74)64-22-24-65(25-23-64)53(75)78-54(5,6)7/h12-13,27-32,35H,9-10,15-26H2,1-8H3,(H2,55,70)(H2,56,71)(H,57,59,72)(H,58,60,73)/b13-12+. The van der Waals surface area contributed by atoms with E-state index in [4.69, 9.17) is 35.6 Å². The van der Waals surface area contributed by atoms with Crippen molar-refractivity contribution < 1.29 is 43.0 Å². The summed E-state index contributed by atoms with van der Waals surface area (Å²) in [6.07, 6.45) is 5.42. The number of anilines is 2. The van der Waals surface area contributed by atoms with Crippen molar-refractivity contribution in [1.82, 2.24) is 53.4 Å². The summed E-state index contributed by atoms with van der Waals surface area (Å²) in [6.45, 7) is 16.8. The minimum absolute atomic E-state index is 0.0302. The topological polar surface area (TPSA) is 287 Å². The molecule has 78 heavy (non-hydrogen) atoms. The number of likely N-dealkylation sites (tertiary alicyclic amines) is 1. The quantitative estimate of drug-likeness (QED) is 0.0683. The number of piperidine rings is 1. The van der Waals surface area contributed by atoms with Gasteiger partial charge in [-0.25, -0.2) is 19.6 Å². The van der Waals surface area contributed by atoms with Gasteiger partial charge in [0.15, 0.2) is 0 Å². The monoisotopic (exact) mass is 1070 g/mol. The zero-order valence-electron chi connectivity index (χ0n) is 45.3. The number of benzene rings is 2. The molecule has 2 saturated heterocycles. The Balaban J connectivity index is 1.02. The number of rotatable bonds is 16. The molecule has 0 atom stereocenters. The van der Waals surface area contributed by atoms with Crippen LogP contribution in [0.4, 0.5) is 21.5 Å². The maximum atomic E-state index is 14.0. The number of nitrogens with one attached hydrogen (secondary N) is 2. The Labute approximate surface area is 451 Å². The summed E-state index contributed by atoms with van der Waals surface area (Å²) in [5.74, 6) is 5.13. The van der Waals surface area contributed by atoms with Crippen molar-refractivity contribution in [3.8, 4) is 23.3 Å². The fraction of sp³-hybridized carbons (Fsp3) is 0.444. The highest BCUT2D eigenvalue weighted by atomic mass is 16.6. The molecule has 2 aromatic carbocycles. The van der Waals surface area contributed by atoms with Crippen molar-refractivity contribution in [2.24, 2.45) is 17.4 Å². The van der Waals surface area contributed by atoms with Crippen molar-refractivity contribution >= 4 is 69.7 Å². The van der Waals surface area contributed by atoms with Gasteiger partial charge in [-0.3, -0.25) is 39.2 Å². The number of carbonyl (C=O) groups excluding carboxylic acids is 6. The van der Waals surface area contributed by atoms with Gasteiger partial charge in [0.25, 0.3) is 11.8 Å². The summed E-state index contributed by atoms with van der Waals surface area (Å²) in [5, 5.41) is 14.7. The van der Waals surface area contributed by atoms with Crippen LogP contribution in [0.3, 0.4) is 0 Å². The molecule has 2 aliphatic rings. The van der Waals surface area contributed by atoms with E-state index >= 15 is 0 Å². The lowest BCUT2D eigenvalue weighted by Gasteiger charge is -2.39. The highest BCUT2D eigenvalue weighted by molar-refractivity contribution is 6.05. The summed E-state index contributed by atoms with van der Waals surface area (Å²) in [4.78, 5) is 93.6. The van der Waals surface area contributed by atoms with Gasteiger partial charge in [-0.1, -0.05) is 24.0 Å². The van der Waals surface area contributed by atoms with Gasteiger partial charge >= 0.3 is 12.1 Å². The summed E-state index contributed by atoms with van der Waals surface area (Å²) in [6, 6.07) is 9.40. The van der Waals surface area contributed by atoms with Gasteiger partial charge in [0.05, 0.1) is 29.5 Å². The number of nitrogens with two attached hydrogens (primary N) is 2. The molecule has 7 amide bonds. The van der Waals surface area contributed by atoms with Crippen molar-refractivity contribution in [3.63, 3.8) is 0 Å². The molecule has 6 heterocycles. The molecule has 24 heteroatoms. The van der Waals surface area contributed by atoms with Crippen LogP contribution in [0.15, 0.2) is 48.6 Å². The highest BCUT2D eigenvalue weighted by Crippen LogP contribution is 2.33. The highest BCUT2D eigenvalue weighted by Gasteiger charge is 2.32. The molecule has 4 aromatic heterocycles. The summed E-state index contributed by atoms with van der Waals surface area (Å²) < 4.78 is 24.2. The number of fused-ring (bicyclic) bond motifs is 2. The van der Waals surface area contributed by atoms with Crippen LogP contribution in [0.25, 0.3) is 22.1 Å². The van der Waals surface area contributed by atoms with Gasteiger partial charge in [0.2, 0.25) is 23.7 Å². The van der Waals surface area contributed by atoms with E-state index < -0.39 is 29.2 Å². The predicted molar refractivity (Wildman–Crippen MR) is 290 cm³/mol. The van der Waals surface area contributed by atoms with Crippen LogP contribution in [-0.4, -0.2) is 148 Å². The number of ether oxygens (including phenoxy) is 3. The fourth-order valence-corrected chi connectivity index (χ4v) is 9.50. The van der Waals surface area contributed by atoms with E-state index in [0.717, 1.165) is 12.8 Å². The third kappa shape index (κ3) is 12.5. The number of hydrogen-bond donors (Lipinski definition) is 4. The molecule has 0 bridgehead atoms. The average Bonchev–Trinajstić information content (AvgIpc) is 4.22. The number of allylic oxidation sites excluding steroid dienone is 2. The Bertz CT molecular complexity index is 3370. The number of aromatic nitrogens is 8. The van der Waals surface area contributed by atoms with E-state index in [0.29, 0.717) is 109 Å². The minimum atomic E-state index is -0.716. The van der Waals surface area contributed by atoms with Crippen LogP contribution < -0.4 is 31.6 Å². The van der Waals surface area contributed by atoms with Crippen molar-refractivity contribution in [2.75, 3.05) is 63.6 Å². The lowest BCUT2D eigenvalue weighted by molar-refractivity contribution is 0.0153. The Morgan fingerprint density at radius 2 is 1.15 bits per heavy atom. The third-order valence-corrected chi connectivity index (χ3v) is 13.4. The molecule has 0 radical (unpaired) electrons. The third-order valence-electron chi connectivity index (χ3n) is 13.4. The molecule has 0 unspecified atom stereocenters. The summed E-state index contributed by atoms with van der Waals surface area (Å²) in [5.41, 5.74) is 14.7. The first-order valence-corrected chi connectivity index (χ1v) is 25.9. The van der Waals surface area contributed by atoms with Gasteiger partial charge in [-0.05, 0) is 104 Å². The first-order valence-electron chi connectivity index (χ1n) is 25.9. The molecule has 2 fully saturated rings. The molecule has 6 aromatic rings. The average molecular weight is 1070 g/mol. The summed E-state index contributed by atoms with van der Waals surface area (Å²) in [7, 11) is 1.45. The van der Waals surface area contributed by atoms with Crippen molar-refractivity contribution in [2.45, 2.75) is 99.5 Å². The first-order chi connectivity index (χ1) is 37.2. The van der Waals surface area contributed by atoms with Gasteiger partial charge in [0, 0.05) is 83.0 Å². The van der Waals surface area contributed by atoms with Crippen LogP contribution in [-0.2, 0) is 30.9 Å². The number of urea groups is 1. The second-order valence-corrected chi connectivity index (χ2v) is 20.1. The van der Waals surface area contributed by atoms with E-state index in [1.165, 1.54) is 31.4 Å². The fourth-order valence-electron chi connectivity index (χ4n) is 9.50. The number of hydrogen-bond acceptors (Lipinski definition) is 13. The number of imidazole rings is 2. The Morgan fingerprint density at radius 3 is 1.63 bits per heavy atom. The Kier molecular flexibility index (Phi) is 16.7. The van der Waals surface area contributed by atoms with E-state index in [-0.39, 0.29) is 66.5 Å². The number of primary amides is 2. The zero-order chi connectivity index (χ0) is 56.0. The normalized spacial score (nSPS) is 14.2. The molecule has 6 N–H and O–H groups in total. The maximum absolute atomic E-state index is 14.0. The van der Waals surface area contributed by atoms with Gasteiger partial charge in [-0.2, -0.15) is 10.2 Å². The largest absolute Gasteiger partial charge is 0.494 e. The molecular weight excluding hydrogens is 1000 g/mol. The molecule has 0 aliphatic carbocycles. The number of piperazine rings is 1. The van der Waals surface area contributed by atoms with Gasteiger partial charge in [0.1, 0.15) is 46.1 Å². The predicted octanol–water partition coefficient (Wildman–Crippen LogP) is 5.56. The Hall–Kier alpha value is -8.88. The van der Waals surface area contributed by atoms with Crippen molar-refractivity contribution in [1.29, 1.82) is 0 Å². The lowest BCUT2D eigenvalue weighted by atomic mass is 9.94. The zero-order valence-corrected chi connectivity index (χ0v) is 45.3. The molecule has 0 saturated carbocycles. The number of aryl methyl sites for hydroxylation is 4. The number of nitrogens with zero attached hydrogens (tertiary/aromatic N) is 11. The second kappa shape index (κ2) is 23.6. The smallest absolute Gasteiger partial charge is 0.410 e.